The molecule has 0 radical (unpaired) electrons. The summed E-state index contributed by atoms with van der Waals surface area (Å²) in [6.45, 7) is 1.81. The van der Waals surface area contributed by atoms with E-state index in [0.29, 0.717) is 5.75 Å². The highest BCUT2D eigenvalue weighted by Gasteiger charge is 2.39. The number of benzene rings is 1. The molecule has 0 aliphatic heterocycles. The van der Waals surface area contributed by atoms with E-state index < -0.39 is 22.5 Å². The van der Waals surface area contributed by atoms with Crippen LogP contribution >= 0.6 is 23.1 Å². The SMILES string of the molecule is C[C@@H](SCc1cnc2sccn12)[C@](O)(Cn1cncn1)c1ccc(F)cc1F. The van der Waals surface area contributed by atoms with Crippen LogP contribution in [0.2, 0.25) is 0 Å². The second kappa shape index (κ2) is 7.61. The molecule has 0 fully saturated rings. The Balaban J connectivity index is 1.62. The molecule has 3 aromatic heterocycles. The number of nitrogens with zero attached hydrogens (tertiary/aromatic N) is 5. The minimum absolute atomic E-state index is 0.00993. The van der Waals surface area contributed by atoms with Gasteiger partial charge in [-0.3, -0.25) is 4.40 Å². The first-order valence-electron chi connectivity index (χ1n) is 8.49. The van der Waals surface area contributed by atoms with Gasteiger partial charge in [-0.15, -0.1) is 23.1 Å². The number of halogens is 2. The van der Waals surface area contributed by atoms with Crippen molar-refractivity contribution in [3.63, 3.8) is 0 Å². The van der Waals surface area contributed by atoms with Gasteiger partial charge in [-0.1, -0.05) is 13.0 Å². The second-order valence-corrected chi connectivity index (χ2v) is 8.60. The van der Waals surface area contributed by atoms with Gasteiger partial charge in [0.1, 0.15) is 29.9 Å². The number of rotatable bonds is 7. The Morgan fingerprint density at radius 1 is 1.36 bits per heavy atom. The molecule has 10 heteroatoms. The van der Waals surface area contributed by atoms with Crippen LogP contribution in [0.4, 0.5) is 8.78 Å². The van der Waals surface area contributed by atoms with E-state index in [1.165, 1.54) is 35.2 Å². The summed E-state index contributed by atoms with van der Waals surface area (Å²) in [6.07, 6.45) is 6.53. The first-order chi connectivity index (χ1) is 13.5. The summed E-state index contributed by atoms with van der Waals surface area (Å²) in [7, 11) is 0. The number of thioether (sulfide) groups is 1. The van der Waals surface area contributed by atoms with Crippen molar-refractivity contribution >= 4 is 28.1 Å². The van der Waals surface area contributed by atoms with Gasteiger partial charge in [0.05, 0.1) is 18.4 Å². The zero-order chi connectivity index (χ0) is 19.7. The Morgan fingerprint density at radius 2 is 2.21 bits per heavy atom. The Kier molecular flexibility index (Phi) is 5.17. The van der Waals surface area contributed by atoms with Crippen LogP contribution in [-0.4, -0.2) is 34.5 Å². The van der Waals surface area contributed by atoms with E-state index >= 15 is 0 Å². The number of hydrogen-bond donors (Lipinski definition) is 1. The normalized spacial score (nSPS) is 15.0. The van der Waals surface area contributed by atoms with E-state index in [1.807, 2.05) is 22.9 Å². The van der Waals surface area contributed by atoms with E-state index in [2.05, 4.69) is 15.1 Å². The van der Waals surface area contributed by atoms with Crippen molar-refractivity contribution in [1.82, 2.24) is 24.1 Å². The molecular weight excluding hydrogens is 404 g/mol. The van der Waals surface area contributed by atoms with Crippen molar-refractivity contribution < 1.29 is 13.9 Å². The molecule has 0 saturated carbocycles. The molecule has 0 aliphatic carbocycles. The zero-order valence-electron chi connectivity index (χ0n) is 14.9. The van der Waals surface area contributed by atoms with Crippen molar-refractivity contribution in [2.45, 2.75) is 30.1 Å². The summed E-state index contributed by atoms with van der Waals surface area (Å²) in [6, 6.07) is 3.22. The first kappa shape index (κ1) is 19.0. The molecule has 0 unspecified atom stereocenters. The molecule has 2 atom stereocenters. The lowest BCUT2D eigenvalue weighted by molar-refractivity contribution is 0.0133. The maximum Gasteiger partial charge on any atom is 0.193 e. The Labute approximate surface area is 167 Å². The summed E-state index contributed by atoms with van der Waals surface area (Å²) in [4.78, 5) is 9.12. The van der Waals surface area contributed by atoms with Gasteiger partial charge >= 0.3 is 0 Å². The average Bonchev–Trinajstić information content (AvgIpc) is 3.38. The molecule has 0 spiro atoms. The van der Waals surface area contributed by atoms with Gasteiger partial charge in [-0.25, -0.2) is 23.4 Å². The average molecular weight is 421 g/mol. The first-order valence-corrected chi connectivity index (χ1v) is 10.4. The molecule has 4 aromatic rings. The Bertz CT molecular complexity index is 1080. The van der Waals surface area contributed by atoms with Gasteiger partial charge in [-0.2, -0.15) is 5.10 Å². The molecule has 146 valence electrons. The number of thiazole rings is 1. The van der Waals surface area contributed by atoms with Crippen LogP contribution in [0.3, 0.4) is 0 Å². The summed E-state index contributed by atoms with van der Waals surface area (Å²) in [5, 5.41) is 17.1. The fraction of sp³-hybridized carbons (Fsp3) is 0.278. The van der Waals surface area contributed by atoms with E-state index in [0.717, 1.165) is 22.8 Å². The van der Waals surface area contributed by atoms with Gasteiger partial charge in [0, 0.05) is 34.2 Å². The Morgan fingerprint density at radius 3 is 2.96 bits per heavy atom. The van der Waals surface area contributed by atoms with Crippen molar-refractivity contribution in [3.8, 4) is 0 Å². The van der Waals surface area contributed by atoms with Gasteiger partial charge in [-0.05, 0) is 6.07 Å². The Hall–Kier alpha value is -2.30. The standard InChI is InChI=1S/C18H17F2N5OS2/c1-12(28-8-14-7-22-17-25(14)4-5-27-17)18(26,9-24-11-21-10-23-24)15-3-2-13(19)6-16(15)20/h2-7,10-12,26H,8-9H2,1H3/t12-,18-/m1/s1. The fourth-order valence-corrected chi connectivity index (χ4v) is 4.89. The largest absolute Gasteiger partial charge is 0.382 e. The molecule has 0 saturated heterocycles. The van der Waals surface area contributed by atoms with Crippen LogP contribution in [0.25, 0.3) is 4.96 Å². The van der Waals surface area contributed by atoms with Crippen LogP contribution < -0.4 is 0 Å². The smallest absolute Gasteiger partial charge is 0.193 e. The lowest BCUT2D eigenvalue weighted by Gasteiger charge is -2.34. The van der Waals surface area contributed by atoms with Crippen molar-refractivity contribution in [1.29, 1.82) is 0 Å². The fourth-order valence-electron chi connectivity index (χ4n) is 3.07. The van der Waals surface area contributed by atoms with Crippen LogP contribution in [0.5, 0.6) is 0 Å². The number of hydrogen-bond acceptors (Lipinski definition) is 6. The van der Waals surface area contributed by atoms with Gasteiger partial charge in [0.25, 0.3) is 0 Å². The molecule has 4 rings (SSSR count). The van der Waals surface area contributed by atoms with E-state index in [1.54, 1.807) is 17.5 Å². The van der Waals surface area contributed by atoms with Gasteiger partial charge in [0.15, 0.2) is 4.96 Å². The molecular formula is C18H17F2N5OS2. The highest BCUT2D eigenvalue weighted by Crippen LogP contribution is 2.37. The third kappa shape index (κ3) is 3.54. The highest BCUT2D eigenvalue weighted by atomic mass is 32.2. The predicted octanol–water partition coefficient (Wildman–Crippen LogP) is 3.48. The van der Waals surface area contributed by atoms with Crippen molar-refractivity contribution in [3.05, 3.63) is 71.5 Å². The third-order valence-corrected chi connectivity index (χ3v) is 6.77. The predicted molar refractivity (Wildman–Crippen MR) is 104 cm³/mol. The van der Waals surface area contributed by atoms with Crippen LogP contribution in [0, 0.1) is 11.6 Å². The quantitative estimate of drug-likeness (QED) is 0.495. The van der Waals surface area contributed by atoms with Gasteiger partial charge < -0.3 is 5.11 Å². The molecule has 28 heavy (non-hydrogen) atoms. The summed E-state index contributed by atoms with van der Waals surface area (Å²) < 4.78 is 31.4. The van der Waals surface area contributed by atoms with Crippen LogP contribution in [0.1, 0.15) is 18.2 Å². The topological polar surface area (TPSA) is 68.2 Å². The number of aliphatic hydroxyl groups is 1. The van der Waals surface area contributed by atoms with Gasteiger partial charge in [0.2, 0.25) is 0 Å². The van der Waals surface area contributed by atoms with E-state index in [-0.39, 0.29) is 12.1 Å². The minimum atomic E-state index is -1.62. The second-order valence-electron chi connectivity index (χ2n) is 6.40. The molecule has 3 heterocycles. The number of imidazole rings is 1. The number of fused-ring (bicyclic) bond motifs is 1. The maximum atomic E-state index is 14.5. The zero-order valence-corrected chi connectivity index (χ0v) is 16.5. The maximum absolute atomic E-state index is 14.5. The van der Waals surface area contributed by atoms with Crippen LogP contribution in [0.15, 0.2) is 48.6 Å². The van der Waals surface area contributed by atoms with Crippen molar-refractivity contribution in [2.24, 2.45) is 0 Å². The summed E-state index contributed by atoms with van der Waals surface area (Å²) in [5.41, 5.74) is -0.608. The van der Waals surface area contributed by atoms with Crippen LogP contribution in [-0.2, 0) is 17.9 Å². The third-order valence-electron chi connectivity index (χ3n) is 4.64. The molecule has 1 aromatic carbocycles. The van der Waals surface area contributed by atoms with E-state index in [4.69, 9.17) is 0 Å². The monoisotopic (exact) mass is 421 g/mol. The summed E-state index contributed by atoms with van der Waals surface area (Å²) >= 11 is 3.00. The highest BCUT2D eigenvalue weighted by molar-refractivity contribution is 7.99. The lowest BCUT2D eigenvalue weighted by atomic mass is 9.90. The van der Waals surface area contributed by atoms with Crippen molar-refractivity contribution in [2.75, 3.05) is 0 Å². The molecule has 1 N–H and O–H groups in total. The van der Waals surface area contributed by atoms with E-state index in [9.17, 15) is 13.9 Å². The number of aromatic nitrogens is 5. The molecule has 0 aliphatic rings. The molecule has 6 nitrogen and oxygen atoms in total. The molecule has 0 amide bonds. The minimum Gasteiger partial charge on any atom is -0.382 e. The lowest BCUT2D eigenvalue weighted by Crippen LogP contribution is -2.41. The molecule has 0 bridgehead atoms. The summed E-state index contributed by atoms with van der Waals surface area (Å²) in [5.74, 6) is -0.912.